The van der Waals surface area contributed by atoms with Crippen molar-refractivity contribution in [3.63, 3.8) is 0 Å². The van der Waals surface area contributed by atoms with Gasteiger partial charge in [-0.1, -0.05) is 12.1 Å². The van der Waals surface area contributed by atoms with E-state index >= 15 is 0 Å². The molecule has 0 spiro atoms. The lowest BCUT2D eigenvalue weighted by Gasteiger charge is -2.08. The number of hydrogen-bond acceptors (Lipinski definition) is 6. The molecule has 1 amide bonds. The number of H-pyrrole nitrogens is 1. The third-order valence-electron chi connectivity index (χ3n) is 4.29. The highest BCUT2D eigenvalue weighted by Gasteiger charge is 2.13. The number of para-hydroxylation sites is 2. The smallest absolute Gasteiger partial charge is 0.292 e. The predicted octanol–water partition coefficient (Wildman–Crippen LogP) is 4.17. The second-order valence-corrected chi connectivity index (χ2v) is 6.29. The number of aromatic nitrogens is 2. The maximum Gasteiger partial charge on any atom is 0.292 e. The number of nitro benzene ring substituents is 1. The van der Waals surface area contributed by atoms with E-state index in [9.17, 15) is 14.9 Å². The Bertz CT molecular complexity index is 1170. The van der Waals surface area contributed by atoms with Crippen LogP contribution in [-0.4, -0.2) is 27.3 Å². The minimum Gasteiger partial charge on any atom is -0.461 e. The van der Waals surface area contributed by atoms with Gasteiger partial charge in [-0.2, -0.15) is 0 Å². The molecule has 0 aliphatic rings. The monoisotopic (exact) mass is 391 g/mol. The SMILES string of the molecule is O=C(CCNc1ccccc1[N+](=O)[O-])Nc1ccc2nc(-c3ccco3)[nH]c2c1. The number of fused-ring (bicyclic) bond motifs is 1. The summed E-state index contributed by atoms with van der Waals surface area (Å²) >= 11 is 0. The van der Waals surface area contributed by atoms with Gasteiger partial charge in [0.15, 0.2) is 11.6 Å². The molecule has 146 valence electrons. The molecule has 0 unspecified atom stereocenters. The number of rotatable bonds is 7. The number of nitrogens with zero attached hydrogens (tertiary/aromatic N) is 2. The van der Waals surface area contributed by atoms with Gasteiger partial charge in [-0.25, -0.2) is 4.98 Å². The Kier molecular flexibility index (Phi) is 4.93. The van der Waals surface area contributed by atoms with Crippen molar-refractivity contribution in [3.05, 3.63) is 71.0 Å². The van der Waals surface area contributed by atoms with Crippen LogP contribution >= 0.6 is 0 Å². The standard InChI is InChI=1S/C20H17N5O4/c26-19(9-10-21-15-4-1-2-5-17(15)25(27)28)22-13-7-8-14-16(12-13)24-20(23-14)18-6-3-11-29-18/h1-8,11-12,21H,9-10H2,(H,22,26)(H,23,24). The first-order valence-corrected chi connectivity index (χ1v) is 8.91. The maximum absolute atomic E-state index is 12.2. The highest BCUT2D eigenvalue weighted by Crippen LogP contribution is 2.24. The van der Waals surface area contributed by atoms with Crippen LogP contribution < -0.4 is 10.6 Å². The normalized spacial score (nSPS) is 10.8. The molecule has 2 aromatic heterocycles. The van der Waals surface area contributed by atoms with Crippen LogP contribution in [0.4, 0.5) is 17.1 Å². The topological polar surface area (TPSA) is 126 Å². The van der Waals surface area contributed by atoms with E-state index in [1.807, 2.05) is 6.07 Å². The number of benzene rings is 2. The average molecular weight is 391 g/mol. The van der Waals surface area contributed by atoms with Crippen LogP contribution in [0.1, 0.15) is 6.42 Å². The molecule has 4 rings (SSSR count). The van der Waals surface area contributed by atoms with E-state index in [4.69, 9.17) is 4.42 Å². The van der Waals surface area contributed by atoms with Crippen molar-refractivity contribution < 1.29 is 14.1 Å². The van der Waals surface area contributed by atoms with Gasteiger partial charge >= 0.3 is 0 Å². The summed E-state index contributed by atoms with van der Waals surface area (Å²) in [6.07, 6.45) is 1.73. The number of amides is 1. The van der Waals surface area contributed by atoms with Crippen LogP contribution in [-0.2, 0) is 4.79 Å². The molecule has 0 aliphatic carbocycles. The van der Waals surface area contributed by atoms with E-state index in [2.05, 4.69) is 20.6 Å². The van der Waals surface area contributed by atoms with Crippen LogP contribution in [0.25, 0.3) is 22.6 Å². The molecule has 0 radical (unpaired) electrons. The molecule has 0 saturated heterocycles. The van der Waals surface area contributed by atoms with Gasteiger partial charge in [0.25, 0.3) is 5.69 Å². The van der Waals surface area contributed by atoms with Crippen molar-refractivity contribution in [1.29, 1.82) is 0 Å². The van der Waals surface area contributed by atoms with Gasteiger partial charge in [-0.15, -0.1) is 0 Å². The minimum absolute atomic E-state index is 0.0232. The fourth-order valence-corrected chi connectivity index (χ4v) is 2.93. The Morgan fingerprint density at radius 1 is 1.17 bits per heavy atom. The van der Waals surface area contributed by atoms with Gasteiger partial charge in [0, 0.05) is 24.7 Å². The zero-order valence-electron chi connectivity index (χ0n) is 15.2. The number of nitro groups is 1. The third kappa shape index (κ3) is 4.08. The summed E-state index contributed by atoms with van der Waals surface area (Å²) in [7, 11) is 0. The Balaban J connectivity index is 1.37. The van der Waals surface area contributed by atoms with Crippen molar-refractivity contribution in [2.24, 2.45) is 0 Å². The molecule has 0 fully saturated rings. The van der Waals surface area contributed by atoms with Crippen LogP contribution in [0, 0.1) is 10.1 Å². The number of carbonyl (C=O) groups is 1. The summed E-state index contributed by atoms with van der Waals surface area (Å²) in [5.74, 6) is 1.04. The summed E-state index contributed by atoms with van der Waals surface area (Å²) in [4.78, 5) is 30.4. The zero-order chi connectivity index (χ0) is 20.2. The quantitative estimate of drug-likeness (QED) is 0.321. The molecule has 2 heterocycles. The first-order chi connectivity index (χ1) is 14.1. The lowest BCUT2D eigenvalue weighted by Crippen LogP contribution is -2.16. The summed E-state index contributed by atoms with van der Waals surface area (Å²) in [6, 6.07) is 15.3. The summed E-state index contributed by atoms with van der Waals surface area (Å²) in [5.41, 5.74) is 2.52. The van der Waals surface area contributed by atoms with Crippen molar-refractivity contribution in [2.45, 2.75) is 6.42 Å². The molecular weight excluding hydrogens is 374 g/mol. The molecule has 9 nitrogen and oxygen atoms in total. The van der Waals surface area contributed by atoms with Gasteiger partial charge in [0.05, 0.1) is 22.2 Å². The van der Waals surface area contributed by atoms with E-state index < -0.39 is 4.92 Å². The predicted molar refractivity (Wildman–Crippen MR) is 109 cm³/mol. The van der Waals surface area contributed by atoms with Crippen molar-refractivity contribution in [3.8, 4) is 11.6 Å². The molecule has 9 heteroatoms. The molecule has 0 atom stereocenters. The Morgan fingerprint density at radius 2 is 2.03 bits per heavy atom. The minimum atomic E-state index is -0.459. The number of imidazole rings is 1. The zero-order valence-corrected chi connectivity index (χ0v) is 15.2. The van der Waals surface area contributed by atoms with Crippen LogP contribution in [0.15, 0.2) is 65.3 Å². The van der Waals surface area contributed by atoms with E-state index in [0.717, 1.165) is 11.0 Å². The highest BCUT2D eigenvalue weighted by molar-refractivity contribution is 5.93. The van der Waals surface area contributed by atoms with E-state index in [1.165, 1.54) is 6.07 Å². The van der Waals surface area contributed by atoms with Gasteiger partial charge in [-0.05, 0) is 36.4 Å². The van der Waals surface area contributed by atoms with Gasteiger partial charge < -0.3 is 20.0 Å². The Labute approximate surface area is 164 Å². The maximum atomic E-state index is 12.2. The van der Waals surface area contributed by atoms with Gasteiger partial charge in [0.1, 0.15) is 5.69 Å². The number of nitrogens with one attached hydrogen (secondary N) is 3. The molecule has 29 heavy (non-hydrogen) atoms. The molecule has 0 aliphatic heterocycles. The van der Waals surface area contributed by atoms with Crippen molar-refractivity contribution in [2.75, 3.05) is 17.2 Å². The molecule has 0 saturated carbocycles. The second kappa shape index (κ2) is 7.85. The summed E-state index contributed by atoms with van der Waals surface area (Å²) in [5, 5.41) is 16.8. The Hall–Kier alpha value is -4.14. The Morgan fingerprint density at radius 3 is 2.83 bits per heavy atom. The number of carbonyl (C=O) groups excluding carboxylic acids is 1. The van der Waals surface area contributed by atoms with Crippen LogP contribution in [0.5, 0.6) is 0 Å². The molecule has 4 aromatic rings. The average Bonchev–Trinajstić information content (AvgIpc) is 3.37. The summed E-state index contributed by atoms with van der Waals surface area (Å²) < 4.78 is 5.34. The molecule has 0 bridgehead atoms. The molecule has 3 N–H and O–H groups in total. The second-order valence-electron chi connectivity index (χ2n) is 6.29. The van der Waals surface area contributed by atoms with Gasteiger partial charge in [0.2, 0.25) is 5.91 Å². The number of furan rings is 1. The van der Waals surface area contributed by atoms with Crippen LogP contribution in [0.3, 0.4) is 0 Å². The molecule has 2 aromatic carbocycles. The summed E-state index contributed by atoms with van der Waals surface area (Å²) in [6.45, 7) is 0.269. The fourth-order valence-electron chi connectivity index (χ4n) is 2.93. The van der Waals surface area contributed by atoms with Crippen molar-refractivity contribution in [1.82, 2.24) is 9.97 Å². The number of aromatic amines is 1. The number of anilines is 2. The fraction of sp³-hybridized carbons (Fsp3) is 0.100. The van der Waals surface area contributed by atoms with E-state index in [1.54, 1.807) is 48.7 Å². The van der Waals surface area contributed by atoms with E-state index in [0.29, 0.717) is 23.0 Å². The lowest BCUT2D eigenvalue weighted by atomic mass is 10.2. The van der Waals surface area contributed by atoms with Crippen LogP contribution in [0.2, 0.25) is 0 Å². The highest BCUT2D eigenvalue weighted by atomic mass is 16.6. The third-order valence-corrected chi connectivity index (χ3v) is 4.29. The largest absolute Gasteiger partial charge is 0.461 e. The van der Waals surface area contributed by atoms with E-state index in [-0.39, 0.29) is 24.6 Å². The van der Waals surface area contributed by atoms with Crippen molar-refractivity contribution >= 4 is 34.0 Å². The molecular formula is C20H17N5O4. The first kappa shape index (κ1) is 18.2. The van der Waals surface area contributed by atoms with Gasteiger partial charge in [-0.3, -0.25) is 14.9 Å². The first-order valence-electron chi connectivity index (χ1n) is 8.91. The lowest BCUT2D eigenvalue weighted by molar-refractivity contribution is -0.384. The number of hydrogen-bond donors (Lipinski definition) is 3.